The Labute approximate surface area is 328 Å². The Balaban J connectivity index is 1.28. The molecule has 0 fully saturated rings. The second-order valence-electron chi connectivity index (χ2n) is 14.6. The fourth-order valence-electron chi connectivity index (χ4n) is 8.49. The highest BCUT2D eigenvalue weighted by molar-refractivity contribution is 7.26. The van der Waals surface area contributed by atoms with Gasteiger partial charge in [-0.15, -0.1) is 11.3 Å². The topological polar surface area (TPSA) is 29.6 Å². The summed E-state index contributed by atoms with van der Waals surface area (Å²) in [5, 5.41) is 12.5. The molecule has 264 valence electrons. The Kier molecular flexibility index (Phi) is 7.64. The van der Waals surface area contributed by atoms with E-state index in [0.717, 1.165) is 33.9 Å². The van der Waals surface area contributed by atoms with Crippen LogP contribution in [-0.4, -0.2) is 16.1 Å². The number of hydrogen-bond acceptors (Lipinski definition) is 2. The van der Waals surface area contributed by atoms with Crippen molar-refractivity contribution in [2.45, 2.75) is 13.5 Å². The summed E-state index contributed by atoms with van der Waals surface area (Å²) < 4.78 is 5.01. The molecule has 2 heterocycles. The molecule has 9 aromatic carbocycles. The van der Waals surface area contributed by atoms with Crippen LogP contribution >= 0.6 is 11.3 Å². The molecule has 0 aliphatic rings. The number of amidine groups is 1. The SMILES string of the molecule is CC(=NC(=NCc1ccccc1)c1cc(-n2c3cc4ccccc4cc3c3c4ccccc4ccc32)c2c(c1)sc1c3ccccc3ccc12)c1ccccc1. The van der Waals surface area contributed by atoms with Gasteiger partial charge in [-0.05, 0) is 80.7 Å². The molecule has 0 aliphatic carbocycles. The number of rotatable bonds is 5. The van der Waals surface area contributed by atoms with Gasteiger partial charge in [0.2, 0.25) is 0 Å². The van der Waals surface area contributed by atoms with Crippen LogP contribution in [0.4, 0.5) is 0 Å². The van der Waals surface area contributed by atoms with Gasteiger partial charge in [-0.25, -0.2) is 4.99 Å². The second kappa shape index (κ2) is 13.2. The van der Waals surface area contributed by atoms with Crippen LogP contribution < -0.4 is 0 Å². The first-order chi connectivity index (χ1) is 27.7. The van der Waals surface area contributed by atoms with Crippen LogP contribution in [0, 0.1) is 0 Å². The van der Waals surface area contributed by atoms with Gasteiger partial charge >= 0.3 is 0 Å². The lowest BCUT2D eigenvalue weighted by Gasteiger charge is -2.14. The third-order valence-electron chi connectivity index (χ3n) is 11.2. The molecule has 56 heavy (non-hydrogen) atoms. The maximum atomic E-state index is 5.33. The molecule has 0 amide bonds. The standard InChI is InChI=1S/C52H35N3S/c1-33(35-16-6-3-7-17-35)54-52(53-32-34-14-4-2-5-15-34)40-30-47(50-43-26-24-37-19-11-13-23-42(37)51(43)56-48(50)31-40)55-45-27-25-36-18-10-12-22-41(36)49(45)44-28-38-20-8-9-21-39(38)29-46(44)55/h2-31H,32H2,1H3. The molecule has 0 saturated carbocycles. The number of hydrogen-bond donors (Lipinski definition) is 0. The Hall–Kier alpha value is -6.88. The fourth-order valence-corrected chi connectivity index (χ4v) is 9.79. The van der Waals surface area contributed by atoms with Gasteiger partial charge in [-0.3, -0.25) is 4.99 Å². The molecular weight excluding hydrogens is 699 g/mol. The monoisotopic (exact) mass is 733 g/mol. The van der Waals surface area contributed by atoms with Crippen LogP contribution in [0.1, 0.15) is 23.6 Å². The van der Waals surface area contributed by atoms with Crippen LogP contribution in [0.5, 0.6) is 0 Å². The van der Waals surface area contributed by atoms with E-state index < -0.39 is 0 Å². The summed E-state index contributed by atoms with van der Waals surface area (Å²) in [6.45, 7) is 2.61. The first kappa shape index (κ1) is 32.5. The molecule has 0 unspecified atom stereocenters. The predicted molar refractivity (Wildman–Crippen MR) is 242 cm³/mol. The minimum atomic E-state index is 0.527. The van der Waals surface area contributed by atoms with Crippen molar-refractivity contribution in [2.75, 3.05) is 0 Å². The molecule has 0 atom stereocenters. The number of thiophene rings is 1. The molecule has 4 heteroatoms. The van der Waals surface area contributed by atoms with Crippen molar-refractivity contribution in [1.29, 1.82) is 0 Å². The number of benzene rings is 9. The zero-order valence-corrected chi connectivity index (χ0v) is 31.6. The minimum Gasteiger partial charge on any atom is -0.308 e. The largest absolute Gasteiger partial charge is 0.308 e. The quantitative estimate of drug-likeness (QED) is 0.125. The van der Waals surface area contributed by atoms with Crippen molar-refractivity contribution in [3.63, 3.8) is 0 Å². The van der Waals surface area contributed by atoms with E-state index in [9.17, 15) is 0 Å². The van der Waals surface area contributed by atoms with Crippen LogP contribution in [0.2, 0.25) is 0 Å². The van der Waals surface area contributed by atoms with Crippen molar-refractivity contribution < 1.29 is 0 Å². The summed E-state index contributed by atoms with van der Waals surface area (Å²) in [6.07, 6.45) is 0. The number of aromatic nitrogens is 1. The van der Waals surface area contributed by atoms with Gasteiger partial charge in [-0.2, -0.15) is 0 Å². The van der Waals surface area contributed by atoms with Crippen LogP contribution in [-0.2, 0) is 6.54 Å². The van der Waals surface area contributed by atoms with E-state index in [4.69, 9.17) is 9.98 Å². The highest BCUT2D eigenvalue weighted by atomic mass is 32.1. The van der Waals surface area contributed by atoms with Gasteiger partial charge in [0.25, 0.3) is 0 Å². The highest BCUT2D eigenvalue weighted by Gasteiger charge is 2.22. The Morgan fingerprint density at radius 2 is 1.14 bits per heavy atom. The van der Waals surface area contributed by atoms with Crippen LogP contribution in [0.25, 0.3) is 80.0 Å². The van der Waals surface area contributed by atoms with Crippen LogP contribution in [0.15, 0.2) is 192 Å². The van der Waals surface area contributed by atoms with E-state index in [1.165, 1.54) is 74.3 Å². The van der Waals surface area contributed by atoms with Gasteiger partial charge in [0.15, 0.2) is 5.84 Å². The average molecular weight is 734 g/mol. The molecule has 0 saturated heterocycles. The normalized spacial score (nSPS) is 12.7. The van der Waals surface area contributed by atoms with Crippen molar-refractivity contribution in [3.05, 3.63) is 199 Å². The molecule has 3 nitrogen and oxygen atoms in total. The van der Waals surface area contributed by atoms with Gasteiger partial charge in [0.1, 0.15) is 0 Å². The van der Waals surface area contributed by atoms with E-state index in [1.54, 1.807) is 0 Å². The van der Waals surface area contributed by atoms with Gasteiger partial charge < -0.3 is 4.57 Å². The van der Waals surface area contributed by atoms with Crippen molar-refractivity contribution in [2.24, 2.45) is 9.98 Å². The van der Waals surface area contributed by atoms with E-state index in [0.29, 0.717) is 6.54 Å². The van der Waals surface area contributed by atoms with Crippen molar-refractivity contribution >= 4 is 97.2 Å². The zero-order chi connectivity index (χ0) is 37.2. The van der Waals surface area contributed by atoms with E-state index in [-0.39, 0.29) is 0 Å². The van der Waals surface area contributed by atoms with Gasteiger partial charge in [-0.1, -0.05) is 152 Å². The molecular formula is C52H35N3S. The van der Waals surface area contributed by atoms with E-state index in [1.807, 2.05) is 17.4 Å². The maximum Gasteiger partial charge on any atom is 0.155 e. The molecule has 0 aliphatic heterocycles. The van der Waals surface area contributed by atoms with Gasteiger partial charge in [0, 0.05) is 42.2 Å². The molecule has 0 bridgehead atoms. The molecule has 0 N–H and O–H groups in total. The fraction of sp³-hybridized carbons (Fsp3) is 0.0385. The van der Waals surface area contributed by atoms with Gasteiger partial charge in [0.05, 0.1) is 23.3 Å². The van der Waals surface area contributed by atoms with E-state index >= 15 is 0 Å². The third-order valence-corrected chi connectivity index (χ3v) is 12.4. The summed E-state index contributed by atoms with van der Waals surface area (Å²) in [5.74, 6) is 0.720. The Bertz CT molecular complexity index is 3390. The summed E-state index contributed by atoms with van der Waals surface area (Å²) in [7, 11) is 0. The smallest absolute Gasteiger partial charge is 0.155 e. The maximum absolute atomic E-state index is 5.33. The molecule has 0 radical (unpaired) electrons. The molecule has 2 aromatic heterocycles. The summed E-state index contributed by atoms with van der Waals surface area (Å²) in [6, 6.07) is 65.7. The van der Waals surface area contributed by atoms with Crippen molar-refractivity contribution in [1.82, 2.24) is 4.57 Å². The minimum absolute atomic E-state index is 0.527. The average Bonchev–Trinajstić information content (AvgIpc) is 3.80. The second-order valence-corrected chi connectivity index (χ2v) is 15.6. The number of aliphatic imine (C=N–C) groups is 2. The number of nitrogens with zero attached hydrogens (tertiary/aromatic N) is 3. The Morgan fingerprint density at radius 1 is 0.500 bits per heavy atom. The lowest BCUT2D eigenvalue weighted by molar-refractivity contribution is 1.06. The molecule has 11 rings (SSSR count). The first-order valence-electron chi connectivity index (χ1n) is 19.1. The number of fused-ring (bicyclic) bond motifs is 11. The van der Waals surface area contributed by atoms with Crippen LogP contribution in [0.3, 0.4) is 0 Å². The van der Waals surface area contributed by atoms with E-state index in [2.05, 4.69) is 187 Å². The summed E-state index contributed by atoms with van der Waals surface area (Å²) in [5.41, 5.74) is 7.63. The first-order valence-corrected chi connectivity index (χ1v) is 19.9. The Morgan fingerprint density at radius 3 is 1.93 bits per heavy atom. The summed E-state index contributed by atoms with van der Waals surface area (Å²) >= 11 is 1.86. The zero-order valence-electron chi connectivity index (χ0n) is 30.8. The third kappa shape index (κ3) is 5.33. The molecule has 0 spiro atoms. The van der Waals surface area contributed by atoms with Crippen molar-refractivity contribution in [3.8, 4) is 5.69 Å². The lowest BCUT2D eigenvalue weighted by Crippen LogP contribution is -2.06. The summed E-state index contributed by atoms with van der Waals surface area (Å²) in [4.78, 5) is 10.6. The lowest BCUT2D eigenvalue weighted by atomic mass is 10.0. The highest BCUT2D eigenvalue weighted by Crippen LogP contribution is 2.45. The molecule has 11 aromatic rings. The predicted octanol–water partition coefficient (Wildman–Crippen LogP) is 14.1.